The molecule has 4 rings (SSSR count). The van der Waals surface area contributed by atoms with E-state index in [0.717, 1.165) is 33.7 Å². The molecule has 4 aromatic rings. The molecule has 3 aromatic carbocycles. The number of carbonyl (C=O) groups is 2. The zero-order valence-corrected chi connectivity index (χ0v) is 19.2. The summed E-state index contributed by atoms with van der Waals surface area (Å²) in [6.07, 6.45) is -5.87. The van der Waals surface area contributed by atoms with Gasteiger partial charge in [0.1, 0.15) is 0 Å². The lowest BCUT2D eigenvalue weighted by Crippen LogP contribution is -2.32. The molecule has 0 aliphatic rings. The molecule has 36 heavy (non-hydrogen) atoms. The van der Waals surface area contributed by atoms with Gasteiger partial charge in [0.2, 0.25) is 11.1 Å². The van der Waals surface area contributed by atoms with Crippen molar-refractivity contribution in [1.82, 2.24) is 9.78 Å². The van der Waals surface area contributed by atoms with E-state index in [1.807, 2.05) is 30.3 Å². The molecule has 10 heteroatoms. The number of amides is 1. The number of fused-ring (bicyclic) bond motifs is 1. The Labute approximate surface area is 203 Å². The maximum absolute atomic E-state index is 13.1. The summed E-state index contributed by atoms with van der Waals surface area (Å²) in [4.78, 5) is 37.6. The highest BCUT2D eigenvalue weighted by Crippen LogP contribution is 2.30. The van der Waals surface area contributed by atoms with Crippen LogP contribution in [-0.4, -0.2) is 27.8 Å². The number of aromatic nitrogens is 2. The highest BCUT2D eigenvalue weighted by molar-refractivity contribution is 5.98. The lowest BCUT2D eigenvalue weighted by Gasteiger charge is -2.15. The summed E-state index contributed by atoms with van der Waals surface area (Å²) in [6.45, 7) is 2.79. The fourth-order valence-corrected chi connectivity index (χ4v) is 3.54. The first-order chi connectivity index (χ1) is 17.0. The van der Waals surface area contributed by atoms with Crippen molar-refractivity contribution in [2.75, 3.05) is 5.32 Å². The molecule has 0 saturated heterocycles. The Kier molecular flexibility index (Phi) is 6.61. The van der Waals surface area contributed by atoms with Crippen LogP contribution in [0.1, 0.15) is 28.7 Å². The maximum Gasteiger partial charge on any atom is 0.416 e. The van der Waals surface area contributed by atoms with Crippen LogP contribution in [0.5, 0.6) is 0 Å². The van der Waals surface area contributed by atoms with E-state index >= 15 is 0 Å². The van der Waals surface area contributed by atoms with Crippen molar-refractivity contribution in [2.24, 2.45) is 0 Å². The van der Waals surface area contributed by atoms with Crippen LogP contribution < -0.4 is 10.7 Å². The number of esters is 1. The molecule has 1 amide bonds. The van der Waals surface area contributed by atoms with Gasteiger partial charge in [0.25, 0.3) is 5.91 Å². The van der Waals surface area contributed by atoms with Crippen molar-refractivity contribution in [3.8, 4) is 5.69 Å². The third-order valence-corrected chi connectivity index (χ3v) is 5.39. The summed E-state index contributed by atoms with van der Waals surface area (Å²) >= 11 is 0. The number of aryl methyl sites for hydroxylation is 1. The Morgan fingerprint density at radius 3 is 2.42 bits per heavy atom. The molecule has 1 aromatic heterocycles. The molecule has 1 atom stereocenters. The standard InChI is InChI=1S/C26H20F3N3O4/c1-15-12-22(33)23(31-32(15)21-9-5-8-19(14-21)26(27,28)29)25(35)36-16(2)24(34)30-20-11-10-17-6-3-4-7-18(17)13-20/h3-14,16H,1-2H3,(H,30,34). The Hall–Kier alpha value is -4.47. The fourth-order valence-electron chi connectivity index (χ4n) is 3.54. The summed E-state index contributed by atoms with van der Waals surface area (Å²) in [6, 6.07) is 18.2. The molecule has 0 aliphatic carbocycles. The van der Waals surface area contributed by atoms with Gasteiger partial charge in [-0.2, -0.15) is 18.3 Å². The Balaban J connectivity index is 1.53. The van der Waals surface area contributed by atoms with Crippen molar-refractivity contribution in [2.45, 2.75) is 26.1 Å². The number of anilines is 1. The number of nitrogens with one attached hydrogen (secondary N) is 1. The van der Waals surface area contributed by atoms with Crippen LogP contribution in [0.15, 0.2) is 77.6 Å². The molecular formula is C26H20F3N3O4. The molecule has 0 radical (unpaired) electrons. The van der Waals surface area contributed by atoms with E-state index in [-0.39, 0.29) is 11.4 Å². The SMILES string of the molecule is Cc1cc(=O)c(C(=O)OC(C)C(=O)Nc2ccc3ccccc3c2)nn1-c1cccc(C(F)(F)F)c1. The van der Waals surface area contributed by atoms with Gasteiger partial charge in [-0.1, -0.05) is 36.4 Å². The number of nitrogens with zero attached hydrogens (tertiary/aromatic N) is 2. The first-order valence-corrected chi connectivity index (χ1v) is 10.8. The van der Waals surface area contributed by atoms with E-state index in [9.17, 15) is 27.6 Å². The Morgan fingerprint density at radius 2 is 1.69 bits per heavy atom. The van der Waals surface area contributed by atoms with Gasteiger partial charge >= 0.3 is 12.1 Å². The highest BCUT2D eigenvalue weighted by atomic mass is 19.4. The molecule has 1 N–H and O–H groups in total. The molecule has 0 fully saturated rings. The molecule has 7 nitrogen and oxygen atoms in total. The topological polar surface area (TPSA) is 90.3 Å². The quantitative estimate of drug-likeness (QED) is 0.398. The zero-order chi connectivity index (χ0) is 26.0. The highest BCUT2D eigenvalue weighted by Gasteiger charge is 2.31. The van der Waals surface area contributed by atoms with Crippen LogP contribution in [0.2, 0.25) is 0 Å². The number of carbonyl (C=O) groups excluding carboxylic acids is 2. The molecule has 1 unspecified atom stereocenters. The van der Waals surface area contributed by atoms with Crippen LogP contribution in [0.3, 0.4) is 0 Å². The molecule has 184 valence electrons. The normalized spacial score (nSPS) is 12.2. The second-order valence-electron chi connectivity index (χ2n) is 8.06. The Morgan fingerprint density at radius 1 is 0.972 bits per heavy atom. The largest absolute Gasteiger partial charge is 0.448 e. The van der Waals surface area contributed by atoms with Gasteiger partial charge in [0.15, 0.2) is 6.10 Å². The summed E-state index contributed by atoms with van der Waals surface area (Å²) in [5.74, 6) is -1.81. The van der Waals surface area contributed by atoms with Gasteiger partial charge in [-0.3, -0.25) is 9.59 Å². The van der Waals surface area contributed by atoms with Gasteiger partial charge in [-0.25, -0.2) is 9.48 Å². The number of alkyl halides is 3. The van der Waals surface area contributed by atoms with Crippen LogP contribution in [0.25, 0.3) is 16.5 Å². The summed E-state index contributed by atoms with van der Waals surface area (Å²) in [5, 5.41) is 8.46. The minimum Gasteiger partial charge on any atom is -0.448 e. The van der Waals surface area contributed by atoms with Gasteiger partial charge in [-0.15, -0.1) is 0 Å². The van der Waals surface area contributed by atoms with E-state index in [4.69, 9.17) is 4.74 Å². The lowest BCUT2D eigenvalue weighted by molar-refractivity contribution is -0.137. The monoisotopic (exact) mass is 495 g/mol. The predicted molar refractivity (Wildman–Crippen MR) is 127 cm³/mol. The van der Waals surface area contributed by atoms with Crippen LogP contribution in [0, 0.1) is 6.92 Å². The number of rotatable bonds is 5. The molecular weight excluding hydrogens is 475 g/mol. The van der Waals surface area contributed by atoms with Crippen LogP contribution in [0.4, 0.5) is 18.9 Å². The van der Waals surface area contributed by atoms with Gasteiger partial charge in [0.05, 0.1) is 11.3 Å². The summed E-state index contributed by atoms with van der Waals surface area (Å²) in [5.41, 5.74) is -1.67. The molecule has 1 heterocycles. The summed E-state index contributed by atoms with van der Waals surface area (Å²) in [7, 11) is 0. The number of benzene rings is 3. The summed E-state index contributed by atoms with van der Waals surface area (Å²) < 4.78 is 45.5. The number of hydrogen-bond acceptors (Lipinski definition) is 5. The first-order valence-electron chi connectivity index (χ1n) is 10.8. The minimum absolute atomic E-state index is 0.00142. The minimum atomic E-state index is -4.58. The Bertz CT molecular complexity index is 1530. The van der Waals surface area contributed by atoms with Gasteiger partial charge in [-0.05, 0) is 55.0 Å². The molecule has 0 saturated carbocycles. The van der Waals surface area contributed by atoms with Gasteiger partial charge < -0.3 is 10.1 Å². The second kappa shape index (κ2) is 9.65. The van der Waals surface area contributed by atoms with Crippen LogP contribution in [-0.2, 0) is 15.7 Å². The van der Waals surface area contributed by atoms with Crippen molar-refractivity contribution < 1.29 is 27.5 Å². The number of ether oxygens (including phenoxy) is 1. The number of hydrogen-bond donors (Lipinski definition) is 1. The molecule has 0 spiro atoms. The van der Waals surface area contributed by atoms with Crippen molar-refractivity contribution >= 4 is 28.3 Å². The van der Waals surface area contributed by atoms with Crippen molar-refractivity contribution in [3.63, 3.8) is 0 Å². The van der Waals surface area contributed by atoms with Crippen LogP contribution >= 0.6 is 0 Å². The van der Waals surface area contributed by atoms with E-state index in [1.165, 1.54) is 26.0 Å². The number of halogens is 3. The average molecular weight is 495 g/mol. The zero-order valence-electron chi connectivity index (χ0n) is 19.2. The fraction of sp³-hybridized carbons (Fsp3) is 0.154. The van der Waals surface area contributed by atoms with E-state index in [1.54, 1.807) is 12.1 Å². The predicted octanol–water partition coefficient (Wildman–Crippen LogP) is 4.90. The maximum atomic E-state index is 13.1. The van der Waals surface area contributed by atoms with E-state index in [0.29, 0.717) is 5.69 Å². The molecule has 0 bridgehead atoms. The third-order valence-electron chi connectivity index (χ3n) is 5.39. The van der Waals surface area contributed by atoms with Crippen molar-refractivity contribution in [3.05, 3.63) is 100.0 Å². The molecule has 0 aliphatic heterocycles. The first kappa shape index (κ1) is 24.6. The second-order valence-corrected chi connectivity index (χ2v) is 8.06. The lowest BCUT2D eigenvalue weighted by atomic mass is 10.1. The van der Waals surface area contributed by atoms with E-state index in [2.05, 4.69) is 10.4 Å². The average Bonchev–Trinajstić information content (AvgIpc) is 2.83. The third kappa shape index (κ3) is 5.27. The smallest absolute Gasteiger partial charge is 0.416 e. The van der Waals surface area contributed by atoms with Crippen molar-refractivity contribution in [1.29, 1.82) is 0 Å². The van der Waals surface area contributed by atoms with Gasteiger partial charge in [0, 0.05) is 17.4 Å². The van der Waals surface area contributed by atoms with E-state index < -0.39 is 40.8 Å².